The Morgan fingerprint density at radius 2 is 1.80 bits per heavy atom. The number of ether oxygens (including phenoxy) is 1. The molecule has 9 heteroatoms. The highest BCUT2D eigenvalue weighted by molar-refractivity contribution is 6.42. The number of fused-ring (bicyclic) bond motifs is 1. The number of hydrogen-bond acceptors (Lipinski definition) is 5. The van der Waals surface area contributed by atoms with E-state index in [2.05, 4.69) is 0 Å². The van der Waals surface area contributed by atoms with Crippen LogP contribution in [0.25, 0.3) is 11.0 Å². The third-order valence-corrected chi connectivity index (χ3v) is 6.51. The van der Waals surface area contributed by atoms with Crippen molar-refractivity contribution in [2.24, 2.45) is 0 Å². The number of methoxy groups -OCH3 is 1. The number of benzene rings is 3. The van der Waals surface area contributed by atoms with Gasteiger partial charge in [-0.05, 0) is 48.0 Å². The molecule has 0 fully saturated rings. The SMILES string of the molecule is COc1cccc2cc(C(=O)C3=C(O)C(=O)N(c4ccc(Cl)c(Cl)c4)C3c3ccc(F)cc3)oc12. The molecule has 1 unspecified atom stereocenters. The smallest absolute Gasteiger partial charge is 0.294 e. The Hall–Kier alpha value is -3.81. The normalized spacial score (nSPS) is 15.8. The number of furan rings is 1. The van der Waals surface area contributed by atoms with Crippen LogP contribution in [0.2, 0.25) is 10.0 Å². The first-order chi connectivity index (χ1) is 16.8. The number of rotatable bonds is 5. The van der Waals surface area contributed by atoms with Crippen LogP contribution in [-0.2, 0) is 4.79 Å². The second-order valence-corrected chi connectivity index (χ2v) is 8.62. The van der Waals surface area contributed by atoms with Gasteiger partial charge < -0.3 is 14.3 Å². The summed E-state index contributed by atoms with van der Waals surface area (Å²) in [6.45, 7) is 0. The Morgan fingerprint density at radius 3 is 2.49 bits per heavy atom. The van der Waals surface area contributed by atoms with E-state index in [4.69, 9.17) is 32.4 Å². The van der Waals surface area contributed by atoms with Crippen molar-refractivity contribution in [3.8, 4) is 5.75 Å². The van der Waals surface area contributed by atoms with E-state index >= 15 is 0 Å². The van der Waals surface area contributed by atoms with Crippen LogP contribution in [-0.4, -0.2) is 23.9 Å². The fraction of sp³-hybridized carbons (Fsp3) is 0.0769. The van der Waals surface area contributed by atoms with Gasteiger partial charge in [-0.3, -0.25) is 14.5 Å². The summed E-state index contributed by atoms with van der Waals surface area (Å²) in [7, 11) is 1.47. The van der Waals surface area contributed by atoms with Gasteiger partial charge in [0.1, 0.15) is 5.82 Å². The fourth-order valence-electron chi connectivity index (χ4n) is 4.14. The summed E-state index contributed by atoms with van der Waals surface area (Å²) in [5.74, 6) is -2.44. The number of amides is 1. The van der Waals surface area contributed by atoms with Gasteiger partial charge in [0.15, 0.2) is 22.9 Å². The number of aliphatic hydroxyl groups excluding tert-OH is 1. The minimum atomic E-state index is -1.08. The lowest BCUT2D eigenvalue weighted by Gasteiger charge is -2.27. The number of hydrogen-bond donors (Lipinski definition) is 1. The molecule has 1 aliphatic rings. The molecular weight excluding hydrogens is 496 g/mol. The first kappa shape index (κ1) is 23.0. The largest absolute Gasteiger partial charge is 0.503 e. The lowest BCUT2D eigenvalue weighted by Crippen LogP contribution is -2.31. The third kappa shape index (κ3) is 3.83. The Labute approximate surface area is 208 Å². The highest BCUT2D eigenvalue weighted by Crippen LogP contribution is 2.43. The van der Waals surface area contributed by atoms with Gasteiger partial charge in [-0.1, -0.05) is 47.5 Å². The zero-order chi connectivity index (χ0) is 24.9. The highest BCUT2D eigenvalue weighted by Gasteiger charge is 2.45. The summed E-state index contributed by atoms with van der Waals surface area (Å²) in [5.41, 5.74) is 0.819. The third-order valence-electron chi connectivity index (χ3n) is 5.77. The summed E-state index contributed by atoms with van der Waals surface area (Å²) in [4.78, 5) is 28.1. The van der Waals surface area contributed by atoms with Gasteiger partial charge in [0, 0.05) is 11.1 Å². The zero-order valence-corrected chi connectivity index (χ0v) is 19.6. The number of ketones is 1. The first-order valence-corrected chi connectivity index (χ1v) is 11.1. The van der Waals surface area contributed by atoms with Crippen molar-refractivity contribution in [1.82, 2.24) is 0 Å². The lowest BCUT2D eigenvalue weighted by molar-refractivity contribution is -0.117. The van der Waals surface area contributed by atoms with E-state index in [1.807, 2.05) is 0 Å². The van der Waals surface area contributed by atoms with E-state index < -0.39 is 29.3 Å². The summed E-state index contributed by atoms with van der Waals surface area (Å²) >= 11 is 12.2. The standard InChI is InChI=1S/C26H16Cl2FNO5/c1-34-19-4-2-3-14-11-20(35-25(14)19)23(31)21-22(13-5-7-15(29)8-6-13)30(26(33)24(21)32)16-9-10-17(27)18(28)12-16/h2-12,22,32H,1H3. The lowest BCUT2D eigenvalue weighted by atomic mass is 9.94. The van der Waals surface area contributed by atoms with Crippen LogP contribution in [0.3, 0.4) is 0 Å². The topological polar surface area (TPSA) is 80.0 Å². The highest BCUT2D eigenvalue weighted by atomic mass is 35.5. The average molecular weight is 512 g/mol. The van der Waals surface area contributed by atoms with Crippen LogP contribution in [0.1, 0.15) is 22.2 Å². The Balaban J connectivity index is 1.67. The summed E-state index contributed by atoms with van der Waals surface area (Å²) < 4.78 is 24.8. The molecule has 1 aromatic heterocycles. The monoisotopic (exact) mass is 511 g/mol. The van der Waals surface area contributed by atoms with Crippen LogP contribution in [0.5, 0.6) is 5.75 Å². The molecule has 2 heterocycles. The molecule has 6 nitrogen and oxygen atoms in total. The number of halogens is 3. The van der Waals surface area contributed by atoms with Crippen molar-refractivity contribution in [3.05, 3.63) is 105 Å². The number of nitrogens with zero attached hydrogens (tertiary/aromatic N) is 1. The van der Waals surface area contributed by atoms with Gasteiger partial charge in [0.05, 0.1) is 28.8 Å². The Morgan fingerprint density at radius 1 is 1.06 bits per heavy atom. The molecule has 35 heavy (non-hydrogen) atoms. The zero-order valence-electron chi connectivity index (χ0n) is 18.1. The van der Waals surface area contributed by atoms with Gasteiger partial charge in [0.25, 0.3) is 5.91 Å². The number of aliphatic hydroxyl groups is 1. The second-order valence-electron chi connectivity index (χ2n) is 7.81. The van der Waals surface area contributed by atoms with E-state index in [0.29, 0.717) is 28.0 Å². The molecule has 176 valence electrons. The van der Waals surface area contributed by atoms with Crippen molar-refractivity contribution >= 4 is 51.5 Å². The number of anilines is 1. The van der Waals surface area contributed by atoms with E-state index in [1.54, 1.807) is 18.2 Å². The Bertz CT molecular complexity index is 1530. The van der Waals surface area contributed by atoms with Gasteiger partial charge in [-0.25, -0.2) is 4.39 Å². The summed E-state index contributed by atoms with van der Waals surface area (Å²) in [6, 6.07) is 15.4. The van der Waals surface area contributed by atoms with Crippen LogP contribution >= 0.6 is 23.2 Å². The quantitative estimate of drug-likeness (QED) is 0.302. The summed E-state index contributed by atoms with van der Waals surface area (Å²) in [6.07, 6.45) is 0. The minimum absolute atomic E-state index is 0.0954. The van der Waals surface area contributed by atoms with E-state index in [1.165, 1.54) is 60.5 Å². The van der Waals surface area contributed by atoms with Crippen molar-refractivity contribution in [2.45, 2.75) is 6.04 Å². The van der Waals surface area contributed by atoms with Gasteiger partial charge in [0.2, 0.25) is 5.78 Å². The average Bonchev–Trinajstić information content (AvgIpc) is 3.40. The molecule has 5 rings (SSSR count). The fourth-order valence-corrected chi connectivity index (χ4v) is 4.43. The molecule has 1 atom stereocenters. The van der Waals surface area contributed by atoms with Crippen LogP contribution < -0.4 is 9.64 Å². The molecule has 3 aromatic carbocycles. The molecule has 1 N–H and O–H groups in total. The minimum Gasteiger partial charge on any atom is -0.503 e. The van der Waals surface area contributed by atoms with Crippen LogP contribution in [0, 0.1) is 5.82 Å². The van der Waals surface area contributed by atoms with Crippen molar-refractivity contribution in [2.75, 3.05) is 12.0 Å². The molecule has 1 aliphatic heterocycles. The molecule has 0 saturated carbocycles. The molecular formula is C26H16Cl2FNO5. The van der Waals surface area contributed by atoms with Crippen molar-refractivity contribution in [3.63, 3.8) is 0 Å². The molecule has 0 aliphatic carbocycles. The number of Topliss-reactive ketones (excluding diaryl/α,β-unsaturated/α-hetero) is 1. The van der Waals surface area contributed by atoms with E-state index in [-0.39, 0.29) is 21.4 Å². The van der Waals surface area contributed by atoms with E-state index in [9.17, 15) is 19.1 Å². The maximum absolute atomic E-state index is 13.7. The molecule has 0 radical (unpaired) electrons. The maximum Gasteiger partial charge on any atom is 0.294 e. The summed E-state index contributed by atoms with van der Waals surface area (Å²) in [5, 5.41) is 11.9. The van der Waals surface area contributed by atoms with Gasteiger partial charge >= 0.3 is 0 Å². The molecule has 1 amide bonds. The van der Waals surface area contributed by atoms with Crippen LogP contribution in [0.4, 0.5) is 10.1 Å². The molecule has 0 spiro atoms. The number of para-hydroxylation sites is 1. The van der Waals surface area contributed by atoms with Crippen molar-refractivity contribution in [1.29, 1.82) is 0 Å². The van der Waals surface area contributed by atoms with Crippen molar-refractivity contribution < 1.29 is 28.2 Å². The van der Waals surface area contributed by atoms with Gasteiger partial charge in [-0.2, -0.15) is 0 Å². The maximum atomic E-state index is 13.7. The first-order valence-electron chi connectivity index (χ1n) is 10.4. The molecule has 4 aromatic rings. The predicted molar refractivity (Wildman–Crippen MR) is 130 cm³/mol. The number of carbonyl (C=O) groups is 2. The van der Waals surface area contributed by atoms with Crippen LogP contribution in [0.15, 0.2) is 82.5 Å². The van der Waals surface area contributed by atoms with Gasteiger partial charge in [-0.15, -0.1) is 0 Å². The Kier molecular flexibility index (Phi) is 5.75. The molecule has 0 bridgehead atoms. The number of carbonyl (C=O) groups excluding carboxylic acids is 2. The molecule has 0 saturated heterocycles. The predicted octanol–water partition coefficient (Wildman–Crippen LogP) is 6.67. The second kappa shape index (κ2) is 8.76. The van der Waals surface area contributed by atoms with E-state index in [0.717, 1.165) is 0 Å².